The van der Waals surface area contributed by atoms with E-state index in [-0.39, 0.29) is 18.1 Å². The molecule has 182 valence electrons. The molecule has 4 rings (SSSR count). The van der Waals surface area contributed by atoms with Crippen molar-refractivity contribution in [2.75, 3.05) is 56.1 Å². The van der Waals surface area contributed by atoms with Gasteiger partial charge in [0.05, 0.1) is 17.9 Å². The van der Waals surface area contributed by atoms with Gasteiger partial charge in [-0.05, 0) is 32.0 Å². The van der Waals surface area contributed by atoms with Crippen molar-refractivity contribution >= 4 is 28.6 Å². The predicted molar refractivity (Wildman–Crippen MR) is 119 cm³/mol. The number of piperazine rings is 1. The third kappa shape index (κ3) is 5.22. The molecular weight excluding hydrogens is 453 g/mol. The van der Waals surface area contributed by atoms with Gasteiger partial charge in [-0.15, -0.1) is 0 Å². The van der Waals surface area contributed by atoms with Crippen molar-refractivity contribution in [3.05, 3.63) is 41.3 Å². The molecule has 34 heavy (non-hydrogen) atoms. The summed E-state index contributed by atoms with van der Waals surface area (Å²) in [6, 6.07) is 5.42. The molecule has 1 aromatic carbocycles. The van der Waals surface area contributed by atoms with Crippen LogP contribution in [0, 0.1) is 6.92 Å². The van der Waals surface area contributed by atoms with Gasteiger partial charge in [0, 0.05) is 45.0 Å². The summed E-state index contributed by atoms with van der Waals surface area (Å²) in [5.74, 6) is -0.315. The summed E-state index contributed by atoms with van der Waals surface area (Å²) >= 11 is 0. The van der Waals surface area contributed by atoms with E-state index in [1.165, 1.54) is 12.1 Å². The quantitative estimate of drug-likeness (QED) is 0.513. The van der Waals surface area contributed by atoms with E-state index in [1.54, 1.807) is 19.9 Å². The zero-order chi connectivity index (χ0) is 24.3. The number of alkyl halides is 3. The molecule has 1 aliphatic heterocycles. The number of carbonyl (C=O) groups excluding carboxylic acids is 1. The highest BCUT2D eigenvalue weighted by Crippen LogP contribution is 2.32. The fourth-order valence-electron chi connectivity index (χ4n) is 3.85. The van der Waals surface area contributed by atoms with Gasteiger partial charge in [-0.2, -0.15) is 18.2 Å². The van der Waals surface area contributed by atoms with Crippen molar-refractivity contribution in [3.8, 4) is 0 Å². The highest BCUT2D eigenvalue weighted by atomic mass is 19.4. The maximum atomic E-state index is 13.0. The molecule has 0 unspecified atom stereocenters. The van der Waals surface area contributed by atoms with E-state index in [1.807, 2.05) is 4.90 Å². The van der Waals surface area contributed by atoms with Crippen LogP contribution in [0.1, 0.15) is 28.8 Å². The Bertz CT molecular complexity index is 1160. The molecule has 0 radical (unpaired) electrons. The van der Waals surface area contributed by atoms with Gasteiger partial charge in [0.25, 0.3) is 5.71 Å². The van der Waals surface area contributed by atoms with Crippen LogP contribution in [0.2, 0.25) is 0 Å². The lowest BCUT2D eigenvalue weighted by Crippen LogP contribution is -2.47. The third-order valence-electron chi connectivity index (χ3n) is 5.60. The number of rotatable bonds is 7. The van der Waals surface area contributed by atoms with Gasteiger partial charge in [0.15, 0.2) is 0 Å². The van der Waals surface area contributed by atoms with Crippen LogP contribution in [0.4, 0.5) is 24.7 Å². The Kier molecular flexibility index (Phi) is 6.87. The number of esters is 1. The zero-order valence-corrected chi connectivity index (χ0v) is 18.9. The van der Waals surface area contributed by atoms with Crippen molar-refractivity contribution in [2.45, 2.75) is 20.0 Å². The smallest absolute Gasteiger partial charge is 0.416 e. The average Bonchev–Trinajstić information content (AvgIpc) is 3.20. The van der Waals surface area contributed by atoms with Crippen molar-refractivity contribution in [3.63, 3.8) is 0 Å². The Labute approximate surface area is 193 Å². The highest BCUT2D eigenvalue weighted by Gasteiger charge is 2.31. The van der Waals surface area contributed by atoms with Gasteiger partial charge < -0.3 is 19.5 Å². The standard InChI is InChI=1S/C22H25F3N6O3/c1-3-33-21(32)19-27-18(17-14(2)29-34-20(17)28-19)26-7-8-30-9-11-31(12-10-30)16-6-4-5-15(13-16)22(23,24)25/h4-6,13H,3,7-12H2,1-2H3,(H,26,27,28). The summed E-state index contributed by atoms with van der Waals surface area (Å²) < 4.78 is 49.2. The summed E-state index contributed by atoms with van der Waals surface area (Å²) in [7, 11) is 0. The number of anilines is 2. The van der Waals surface area contributed by atoms with E-state index in [0.29, 0.717) is 61.9 Å². The SMILES string of the molecule is CCOC(=O)c1nc(NCCN2CCN(c3cccc(C(F)(F)F)c3)CC2)c2c(C)noc2n1. The maximum Gasteiger partial charge on any atom is 0.416 e. The lowest BCUT2D eigenvalue weighted by atomic mass is 10.1. The lowest BCUT2D eigenvalue weighted by molar-refractivity contribution is -0.137. The van der Waals surface area contributed by atoms with E-state index >= 15 is 0 Å². The van der Waals surface area contributed by atoms with Crippen LogP contribution in [0.25, 0.3) is 11.1 Å². The largest absolute Gasteiger partial charge is 0.460 e. The van der Waals surface area contributed by atoms with Crippen LogP contribution in [0.3, 0.4) is 0 Å². The number of benzene rings is 1. The average molecular weight is 478 g/mol. The first kappa shape index (κ1) is 23.7. The van der Waals surface area contributed by atoms with Crippen LogP contribution >= 0.6 is 0 Å². The molecule has 12 heteroatoms. The number of hydrogen-bond donors (Lipinski definition) is 1. The van der Waals surface area contributed by atoms with Crippen LogP contribution in [0.15, 0.2) is 28.8 Å². The summed E-state index contributed by atoms with van der Waals surface area (Å²) in [5, 5.41) is 7.73. The number of nitrogens with zero attached hydrogens (tertiary/aromatic N) is 5. The molecule has 3 heterocycles. The number of aryl methyl sites for hydroxylation is 1. The number of halogens is 3. The van der Waals surface area contributed by atoms with E-state index in [4.69, 9.17) is 9.26 Å². The van der Waals surface area contributed by atoms with E-state index in [0.717, 1.165) is 6.07 Å². The maximum absolute atomic E-state index is 13.0. The second-order valence-electron chi connectivity index (χ2n) is 7.87. The Morgan fingerprint density at radius 1 is 1.21 bits per heavy atom. The normalized spacial score (nSPS) is 15.0. The molecule has 0 bridgehead atoms. The van der Waals surface area contributed by atoms with Gasteiger partial charge in [0.2, 0.25) is 5.82 Å². The molecule has 3 aromatic rings. The van der Waals surface area contributed by atoms with E-state index in [2.05, 4.69) is 25.3 Å². The molecule has 0 amide bonds. The number of fused-ring (bicyclic) bond motifs is 1. The minimum Gasteiger partial charge on any atom is -0.460 e. The van der Waals surface area contributed by atoms with Crippen LogP contribution in [-0.4, -0.2) is 71.9 Å². The minimum absolute atomic E-state index is 0.109. The molecular formula is C22H25F3N6O3. The van der Waals surface area contributed by atoms with Crippen molar-refractivity contribution < 1.29 is 27.2 Å². The lowest BCUT2D eigenvalue weighted by Gasteiger charge is -2.36. The first-order valence-electron chi connectivity index (χ1n) is 11.0. The Hall–Kier alpha value is -3.41. The van der Waals surface area contributed by atoms with Crippen LogP contribution in [0.5, 0.6) is 0 Å². The molecule has 0 aliphatic carbocycles. The molecule has 0 saturated carbocycles. The van der Waals surface area contributed by atoms with Gasteiger partial charge in [-0.3, -0.25) is 4.90 Å². The first-order chi connectivity index (χ1) is 16.3. The first-order valence-corrected chi connectivity index (χ1v) is 11.0. The second-order valence-corrected chi connectivity index (χ2v) is 7.87. The molecule has 2 aromatic heterocycles. The highest BCUT2D eigenvalue weighted by molar-refractivity contribution is 5.93. The number of ether oxygens (including phenoxy) is 1. The molecule has 1 saturated heterocycles. The van der Waals surface area contributed by atoms with Crippen molar-refractivity contribution in [2.24, 2.45) is 0 Å². The Morgan fingerprint density at radius 3 is 2.68 bits per heavy atom. The van der Waals surface area contributed by atoms with E-state index in [9.17, 15) is 18.0 Å². The molecule has 1 aliphatic rings. The monoisotopic (exact) mass is 478 g/mol. The third-order valence-corrected chi connectivity index (χ3v) is 5.60. The van der Waals surface area contributed by atoms with Crippen molar-refractivity contribution in [1.29, 1.82) is 0 Å². The number of hydrogen-bond acceptors (Lipinski definition) is 9. The van der Waals surface area contributed by atoms with Crippen molar-refractivity contribution in [1.82, 2.24) is 20.0 Å². The predicted octanol–water partition coefficient (Wildman–Crippen LogP) is 3.36. The fourth-order valence-corrected chi connectivity index (χ4v) is 3.85. The van der Waals surface area contributed by atoms with Crippen LogP contribution in [-0.2, 0) is 10.9 Å². The topological polar surface area (TPSA) is 96.6 Å². The molecule has 1 fully saturated rings. The summed E-state index contributed by atoms with van der Waals surface area (Å²) in [4.78, 5) is 24.6. The molecule has 9 nitrogen and oxygen atoms in total. The summed E-state index contributed by atoms with van der Waals surface area (Å²) in [6.45, 7) is 7.52. The summed E-state index contributed by atoms with van der Waals surface area (Å²) in [5.41, 5.74) is 0.736. The number of carbonyl (C=O) groups is 1. The fraction of sp³-hybridized carbons (Fsp3) is 0.455. The number of aromatic nitrogens is 3. The molecule has 0 spiro atoms. The Morgan fingerprint density at radius 2 is 1.97 bits per heavy atom. The van der Waals surface area contributed by atoms with Gasteiger partial charge in [-0.1, -0.05) is 11.2 Å². The minimum atomic E-state index is -4.36. The van der Waals surface area contributed by atoms with Gasteiger partial charge in [0.1, 0.15) is 11.2 Å². The van der Waals surface area contributed by atoms with Gasteiger partial charge >= 0.3 is 12.1 Å². The number of nitrogens with one attached hydrogen (secondary N) is 1. The summed E-state index contributed by atoms with van der Waals surface area (Å²) in [6.07, 6.45) is -4.36. The van der Waals surface area contributed by atoms with E-state index < -0.39 is 17.7 Å². The Balaban J connectivity index is 1.35. The van der Waals surface area contributed by atoms with Gasteiger partial charge in [-0.25, -0.2) is 9.78 Å². The zero-order valence-electron chi connectivity index (χ0n) is 18.9. The molecule has 0 atom stereocenters. The molecule has 1 N–H and O–H groups in total. The van der Waals surface area contributed by atoms with Crippen LogP contribution < -0.4 is 10.2 Å². The second kappa shape index (κ2) is 9.84.